The smallest absolute Gasteiger partial charge is 0.308 e. The molecule has 1 heterocycles. The lowest BCUT2D eigenvalue weighted by atomic mass is 10.1. The molecule has 2 rings (SSSR count). The molecule has 27 heavy (non-hydrogen) atoms. The molecule has 0 aliphatic heterocycles. The number of benzene rings is 1. The Bertz CT molecular complexity index is 820. The number of hydrogen-bond donors (Lipinski definition) is 2. The molecule has 142 valence electrons. The van der Waals surface area contributed by atoms with Gasteiger partial charge >= 0.3 is 5.97 Å². The number of nitro benzene ring substituents is 1. The Morgan fingerprint density at radius 1 is 1.22 bits per heavy atom. The molecule has 10 heteroatoms. The average Bonchev–Trinajstić information content (AvgIpc) is 3.14. The van der Waals surface area contributed by atoms with Crippen LogP contribution in [0.4, 0.5) is 11.4 Å². The SMILES string of the molecule is CC(=O)NC(CC(=O)OCC(=O)Nc1ccc([N+](=O)[O-])cc1)c1cccs1. The Kier molecular flexibility index (Phi) is 7.00. The molecule has 0 aliphatic rings. The second kappa shape index (κ2) is 9.43. The first kappa shape index (κ1) is 20.0. The van der Waals surface area contributed by atoms with Crippen molar-refractivity contribution in [1.82, 2.24) is 5.32 Å². The third-order valence-electron chi connectivity index (χ3n) is 3.36. The molecule has 1 atom stereocenters. The van der Waals surface area contributed by atoms with E-state index in [0.717, 1.165) is 4.88 Å². The van der Waals surface area contributed by atoms with Crippen molar-refractivity contribution < 1.29 is 24.0 Å². The van der Waals surface area contributed by atoms with Crippen LogP contribution < -0.4 is 10.6 Å². The molecule has 0 bridgehead atoms. The van der Waals surface area contributed by atoms with Crippen LogP contribution in [0.25, 0.3) is 0 Å². The summed E-state index contributed by atoms with van der Waals surface area (Å²) in [4.78, 5) is 46.0. The Morgan fingerprint density at radius 2 is 1.93 bits per heavy atom. The van der Waals surface area contributed by atoms with Crippen molar-refractivity contribution in [3.05, 3.63) is 56.8 Å². The Hall–Kier alpha value is -3.27. The molecule has 9 nitrogen and oxygen atoms in total. The fourth-order valence-corrected chi connectivity index (χ4v) is 2.97. The number of hydrogen-bond acceptors (Lipinski definition) is 7. The monoisotopic (exact) mass is 391 g/mol. The number of nitro groups is 1. The lowest BCUT2D eigenvalue weighted by Gasteiger charge is -2.15. The molecule has 2 amide bonds. The second-order valence-electron chi connectivity index (χ2n) is 5.49. The van der Waals surface area contributed by atoms with E-state index in [1.165, 1.54) is 42.5 Å². The lowest BCUT2D eigenvalue weighted by Crippen LogP contribution is -2.29. The maximum absolute atomic E-state index is 12.0. The molecule has 0 spiro atoms. The number of nitrogens with one attached hydrogen (secondary N) is 2. The molecule has 0 saturated heterocycles. The predicted molar refractivity (Wildman–Crippen MR) is 98.2 cm³/mol. The van der Waals surface area contributed by atoms with Crippen molar-refractivity contribution in [2.45, 2.75) is 19.4 Å². The van der Waals surface area contributed by atoms with Crippen LogP contribution in [0.5, 0.6) is 0 Å². The summed E-state index contributed by atoms with van der Waals surface area (Å²) < 4.78 is 4.94. The van der Waals surface area contributed by atoms with Crippen LogP contribution in [0, 0.1) is 10.1 Å². The first-order valence-electron chi connectivity index (χ1n) is 7.85. The molecular formula is C17H17N3O6S. The second-order valence-corrected chi connectivity index (χ2v) is 6.46. The summed E-state index contributed by atoms with van der Waals surface area (Å²) in [5.74, 6) is -1.50. The van der Waals surface area contributed by atoms with Crippen molar-refractivity contribution >= 4 is 40.5 Å². The average molecular weight is 391 g/mol. The molecule has 2 aromatic rings. The van der Waals surface area contributed by atoms with Crippen LogP contribution >= 0.6 is 11.3 Å². The minimum Gasteiger partial charge on any atom is -0.455 e. The van der Waals surface area contributed by atoms with Gasteiger partial charge in [0.05, 0.1) is 17.4 Å². The Morgan fingerprint density at radius 3 is 2.48 bits per heavy atom. The zero-order valence-electron chi connectivity index (χ0n) is 14.3. The van der Waals surface area contributed by atoms with E-state index in [1.807, 2.05) is 5.38 Å². The number of nitrogens with zero attached hydrogens (tertiary/aromatic N) is 1. The van der Waals surface area contributed by atoms with E-state index < -0.39 is 29.4 Å². The minimum atomic E-state index is -0.638. The topological polar surface area (TPSA) is 128 Å². The summed E-state index contributed by atoms with van der Waals surface area (Å²) in [5, 5.41) is 17.6. The number of esters is 1. The maximum Gasteiger partial charge on any atom is 0.308 e. The number of amides is 2. The van der Waals surface area contributed by atoms with Gasteiger partial charge in [0.15, 0.2) is 6.61 Å². The molecule has 0 radical (unpaired) electrons. The van der Waals surface area contributed by atoms with Gasteiger partial charge in [0, 0.05) is 29.6 Å². The highest BCUT2D eigenvalue weighted by molar-refractivity contribution is 7.10. The summed E-state index contributed by atoms with van der Waals surface area (Å²) in [6.07, 6.45) is -0.106. The van der Waals surface area contributed by atoms with E-state index in [4.69, 9.17) is 4.74 Å². The van der Waals surface area contributed by atoms with Gasteiger partial charge < -0.3 is 15.4 Å². The van der Waals surface area contributed by atoms with E-state index in [2.05, 4.69) is 10.6 Å². The number of ether oxygens (including phenoxy) is 1. The maximum atomic E-state index is 12.0. The van der Waals surface area contributed by atoms with E-state index in [9.17, 15) is 24.5 Å². The number of anilines is 1. The molecule has 1 aromatic carbocycles. The van der Waals surface area contributed by atoms with Crippen LogP contribution in [-0.2, 0) is 19.1 Å². The summed E-state index contributed by atoms with van der Waals surface area (Å²) >= 11 is 1.39. The van der Waals surface area contributed by atoms with Crippen molar-refractivity contribution in [3.8, 4) is 0 Å². The summed E-state index contributed by atoms with van der Waals surface area (Å²) in [6.45, 7) is 0.844. The van der Waals surface area contributed by atoms with Gasteiger partial charge in [-0.1, -0.05) is 6.07 Å². The van der Waals surface area contributed by atoms with E-state index in [1.54, 1.807) is 12.1 Å². The number of carbonyl (C=O) groups is 3. The standard InChI is InChI=1S/C17H17N3O6S/c1-11(21)18-14(15-3-2-8-27-15)9-17(23)26-10-16(22)19-12-4-6-13(7-5-12)20(24)25/h2-8,14H,9-10H2,1H3,(H,18,21)(H,19,22). The number of non-ortho nitro benzene ring substituents is 1. The largest absolute Gasteiger partial charge is 0.455 e. The molecule has 0 fully saturated rings. The van der Waals surface area contributed by atoms with Crippen molar-refractivity contribution in [3.63, 3.8) is 0 Å². The van der Waals surface area contributed by atoms with Gasteiger partial charge in [-0.3, -0.25) is 24.5 Å². The lowest BCUT2D eigenvalue weighted by molar-refractivity contribution is -0.384. The van der Waals surface area contributed by atoms with Crippen LogP contribution in [0.2, 0.25) is 0 Å². The number of carbonyl (C=O) groups excluding carboxylic acids is 3. The quantitative estimate of drug-likeness (QED) is 0.404. The van der Waals surface area contributed by atoms with E-state index in [-0.39, 0.29) is 18.0 Å². The first-order chi connectivity index (χ1) is 12.8. The molecule has 0 aliphatic carbocycles. The number of thiophene rings is 1. The molecular weight excluding hydrogens is 374 g/mol. The van der Waals surface area contributed by atoms with Crippen LogP contribution in [-0.4, -0.2) is 29.3 Å². The molecule has 0 saturated carbocycles. The summed E-state index contributed by atoms with van der Waals surface area (Å²) in [6, 6.07) is 8.33. The zero-order chi connectivity index (χ0) is 19.8. The third kappa shape index (κ3) is 6.51. The highest BCUT2D eigenvalue weighted by atomic mass is 32.1. The molecule has 1 aromatic heterocycles. The predicted octanol–water partition coefficient (Wildman–Crippen LogP) is 2.41. The van der Waals surface area contributed by atoms with E-state index >= 15 is 0 Å². The summed E-state index contributed by atoms with van der Waals surface area (Å²) in [7, 11) is 0. The normalized spacial score (nSPS) is 11.3. The fraction of sp³-hybridized carbons (Fsp3) is 0.235. The van der Waals surface area contributed by atoms with Crippen molar-refractivity contribution in [1.29, 1.82) is 0 Å². The minimum absolute atomic E-state index is 0.1000. The highest BCUT2D eigenvalue weighted by Gasteiger charge is 2.19. The van der Waals surface area contributed by atoms with Gasteiger partial charge in [0.2, 0.25) is 5.91 Å². The summed E-state index contributed by atoms with van der Waals surface area (Å²) in [5.41, 5.74) is 0.244. The van der Waals surface area contributed by atoms with Crippen LogP contribution in [0.15, 0.2) is 41.8 Å². The van der Waals surface area contributed by atoms with Gasteiger partial charge in [-0.2, -0.15) is 0 Å². The zero-order valence-corrected chi connectivity index (χ0v) is 15.2. The molecule has 2 N–H and O–H groups in total. The van der Waals surface area contributed by atoms with Gasteiger partial charge in [-0.25, -0.2) is 0 Å². The fourth-order valence-electron chi connectivity index (χ4n) is 2.19. The van der Waals surface area contributed by atoms with Gasteiger partial charge in [0.1, 0.15) is 0 Å². The Balaban J connectivity index is 1.83. The van der Waals surface area contributed by atoms with Gasteiger partial charge in [0.25, 0.3) is 11.6 Å². The van der Waals surface area contributed by atoms with E-state index in [0.29, 0.717) is 5.69 Å². The van der Waals surface area contributed by atoms with Gasteiger partial charge in [-0.05, 0) is 23.6 Å². The number of rotatable bonds is 8. The van der Waals surface area contributed by atoms with Crippen molar-refractivity contribution in [2.75, 3.05) is 11.9 Å². The first-order valence-corrected chi connectivity index (χ1v) is 8.73. The van der Waals surface area contributed by atoms with Crippen LogP contribution in [0.1, 0.15) is 24.3 Å². The third-order valence-corrected chi connectivity index (χ3v) is 4.35. The molecule has 1 unspecified atom stereocenters. The Labute approximate surface area is 158 Å². The highest BCUT2D eigenvalue weighted by Crippen LogP contribution is 2.22. The van der Waals surface area contributed by atoms with Gasteiger partial charge in [-0.15, -0.1) is 11.3 Å². The van der Waals surface area contributed by atoms with Crippen molar-refractivity contribution in [2.24, 2.45) is 0 Å². The van der Waals surface area contributed by atoms with Crippen LogP contribution in [0.3, 0.4) is 0 Å².